The third-order valence-corrected chi connectivity index (χ3v) is 6.81. The molecular weight excluding hydrogens is 440 g/mol. The topological polar surface area (TPSA) is 125 Å². The van der Waals surface area contributed by atoms with Crippen LogP contribution in [0.2, 0.25) is 0 Å². The van der Waals surface area contributed by atoms with E-state index in [-0.39, 0.29) is 5.91 Å². The van der Waals surface area contributed by atoms with Crippen LogP contribution in [0.3, 0.4) is 0 Å². The third-order valence-electron chi connectivity index (χ3n) is 6.81. The summed E-state index contributed by atoms with van der Waals surface area (Å²) in [4.78, 5) is 26.7. The summed E-state index contributed by atoms with van der Waals surface area (Å²) in [6, 6.07) is 12.0. The number of nitrogens with zero attached hydrogens (tertiary/aromatic N) is 4. The van der Waals surface area contributed by atoms with Crippen LogP contribution in [0.1, 0.15) is 44.7 Å². The minimum absolute atomic E-state index is 0.0166. The highest BCUT2D eigenvalue weighted by atomic mass is 16.2. The Balaban J connectivity index is 1.22. The molecule has 5 rings (SSSR count). The number of hydrogen-bond acceptors (Lipinski definition) is 8. The molecular formula is C26H32N8O. The first-order valence-corrected chi connectivity index (χ1v) is 11.9. The van der Waals surface area contributed by atoms with Gasteiger partial charge in [0.2, 0.25) is 5.95 Å². The predicted molar refractivity (Wildman–Crippen MR) is 137 cm³/mol. The van der Waals surface area contributed by atoms with E-state index in [0.29, 0.717) is 36.3 Å². The van der Waals surface area contributed by atoms with Gasteiger partial charge in [0, 0.05) is 67.5 Å². The number of hydrogen-bond donors (Lipinski definition) is 4. The highest BCUT2D eigenvalue weighted by Gasteiger charge is 2.34. The molecule has 3 aromatic rings. The number of carbonyl (C=O) groups excluding carboxylic acids is 1. The molecule has 2 aliphatic rings. The zero-order chi connectivity index (χ0) is 24.5. The van der Waals surface area contributed by atoms with Gasteiger partial charge < -0.3 is 16.0 Å². The second kappa shape index (κ2) is 9.61. The van der Waals surface area contributed by atoms with Gasteiger partial charge in [-0.05, 0) is 61.2 Å². The van der Waals surface area contributed by atoms with Crippen molar-refractivity contribution in [3.05, 3.63) is 76.1 Å². The van der Waals surface area contributed by atoms with E-state index in [4.69, 9.17) is 16.6 Å². The molecule has 2 aliphatic heterocycles. The summed E-state index contributed by atoms with van der Waals surface area (Å²) < 4.78 is 0. The number of benzene rings is 2. The van der Waals surface area contributed by atoms with E-state index >= 15 is 0 Å². The molecule has 0 radical (unpaired) electrons. The Morgan fingerprint density at radius 3 is 2.69 bits per heavy atom. The SMILES string of the molecule is Cc1cc(C)cc(Nc2ncc3c(n2)CN(C2CCN(C(=O)c4ccc(CNN)c(N)c4)C2)C3)c1. The number of fused-ring (bicyclic) bond motifs is 1. The molecule has 3 heterocycles. The van der Waals surface area contributed by atoms with Crippen molar-refractivity contribution in [2.75, 3.05) is 24.1 Å². The molecule has 1 atom stereocenters. The zero-order valence-electron chi connectivity index (χ0n) is 20.2. The molecule has 0 bridgehead atoms. The van der Waals surface area contributed by atoms with Crippen molar-refractivity contribution in [1.29, 1.82) is 0 Å². The Hall–Kier alpha value is -3.53. The minimum atomic E-state index is 0.0166. The lowest BCUT2D eigenvalue weighted by atomic mass is 10.1. The normalized spacial score (nSPS) is 17.6. The van der Waals surface area contributed by atoms with E-state index in [1.54, 1.807) is 6.07 Å². The zero-order valence-corrected chi connectivity index (χ0v) is 20.2. The van der Waals surface area contributed by atoms with Gasteiger partial charge >= 0.3 is 0 Å². The van der Waals surface area contributed by atoms with Gasteiger partial charge in [-0.15, -0.1) is 0 Å². The van der Waals surface area contributed by atoms with Crippen LogP contribution in [0.4, 0.5) is 17.3 Å². The van der Waals surface area contributed by atoms with E-state index in [1.165, 1.54) is 11.1 Å². The molecule has 2 aromatic carbocycles. The third kappa shape index (κ3) is 4.97. The van der Waals surface area contributed by atoms with Crippen molar-refractivity contribution in [1.82, 2.24) is 25.2 Å². The van der Waals surface area contributed by atoms with E-state index in [2.05, 4.69) is 52.7 Å². The first-order valence-electron chi connectivity index (χ1n) is 11.9. The van der Waals surface area contributed by atoms with E-state index in [0.717, 1.165) is 48.6 Å². The fourth-order valence-electron chi connectivity index (χ4n) is 5.08. The summed E-state index contributed by atoms with van der Waals surface area (Å²) in [6.07, 6.45) is 2.86. The molecule has 1 amide bonds. The standard InChI is InChI=1S/C26H32N8O/c1-16-7-17(2)9-21(8-16)31-26-29-11-20-13-34(15-24(20)32-26)22-5-6-33(14-22)25(35)18-3-4-19(12-30-28)23(27)10-18/h3-4,7-11,22,30H,5-6,12-15,27-28H2,1-2H3,(H,29,31,32). The van der Waals surface area contributed by atoms with Crippen molar-refractivity contribution in [3.63, 3.8) is 0 Å². The van der Waals surface area contributed by atoms with Crippen molar-refractivity contribution in [2.24, 2.45) is 5.84 Å². The monoisotopic (exact) mass is 472 g/mol. The van der Waals surface area contributed by atoms with Crippen LogP contribution in [0.15, 0.2) is 42.6 Å². The Morgan fingerprint density at radius 1 is 1.14 bits per heavy atom. The van der Waals surface area contributed by atoms with Crippen molar-refractivity contribution in [2.45, 2.75) is 45.9 Å². The van der Waals surface area contributed by atoms with Gasteiger partial charge in [-0.1, -0.05) is 12.1 Å². The second-order valence-electron chi connectivity index (χ2n) is 9.56. The molecule has 0 aliphatic carbocycles. The number of amides is 1. The number of nitrogen functional groups attached to an aromatic ring is 1. The Bertz CT molecular complexity index is 1240. The van der Waals surface area contributed by atoms with E-state index in [9.17, 15) is 4.79 Å². The van der Waals surface area contributed by atoms with E-state index < -0.39 is 0 Å². The number of likely N-dealkylation sites (tertiary alicyclic amines) is 1. The highest BCUT2D eigenvalue weighted by molar-refractivity contribution is 5.95. The Morgan fingerprint density at radius 2 is 1.94 bits per heavy atom. The number of carbonyl (C=O) groups is 1. The maximum Gasteiger partial charge on any atom is 0.253 e. The number of aryl methyl sites for hydroxylation is 2. The highest BCUT2D eigenvalue weighted by Crippen LogP contribution is 2.29. The smallest absolute Gasteiger partial charge is 0.253 e. The Kier molecular flexibility index (Phi) is 6.38. The van der Waals surface area contributed by atoms with Gasteiger partial charge in [-0.25, -0.2) is 9.97 Å². The molecule has 1 unspecified atom stereocenters. The molecule has 1 aromatic heterocycles. The summed E-state index contributed by atoms with van der Waals surface area (Å²) in [5, 5.41) is 3.34. The number of nitrogens with two attached hydrogens (primary N) is 2. The van der Waals surface area contributed by atoms with Gasteiger partial charge in [0.15, 0.2) is 0 Å². The van der Waals surface area contributed by atoms with Crippen LogP contribution in [0.5, 0.6) is 0 Å². The fraction of sp³-hybridized carbons (Fsp3) is 0.346. The number of hydrazine groups is 1. The average molecular weight is 473 g/mol. The van der Waals surface area contributed by atoms with Crippen LogP contribution < -0.4 is 22.3 Å². The largest absolute Gasteiger partial charge is 0.398 e. The maximum absolute atomic E-state index is 13.1. The average Bonchev–Trinajstić information content (AvgIpc) is 3.46. The lowest BCUT2D eigenvalue weighted by Crippen LogP contribution is -2.36. The summed E-state index contributed by atoms with van der Waals surface area (Å²) in [6.45, 7) is 7.62. The van der Waals surface area contributed by atoms with Crippen molar-refractivity contribution < 1.29 is 4.79 Å². The quantitative estimate of drug-likeness (QED) is 0.245. The minimum Gasteiger partial charge on any atom is -0.398 e. The molecule has 0 spiro atoms. The molecule has 35 heavy (non-hydrogen) atoms. The van der Waals surface area contributed by atoms with Crippen LogP contribution in [0, 0.1) is 13.8 Å². The molecule has 182 valence electrons. The number of rotatable bonds is 6. The lowest BCUT2D eigenvalue weighted by molar-refractivity contribution is 0.0776. The van der Waals surface area contributed by atoms with Crippen LogP contribution in [-0.4, -0.2) is 44.8 Å². The fourth-order valence-corrected chi connectivity index (χ4v) is 5.08. The molecule has 9 nitrogen and oxygen atoms in total. The van der Waals surface area contributed by atoms with Gasteiger partial charge in [0.25, 0.3) is 5.91 Å². The van der Waals surface area contributed by atoms with Crippen LogP contribution >= 0.6 is 0 Å². The number of nitrogens with one attached hydrogen (secondary N) is 2. The van der Waals surface area contributed by atoms with E-state index in [1.807, 2.05) is 23.2 Å². The molecule has 1 saturated heterocycles. The maximum atomic E-state index is 13.1. The molecule has 9 heteroatoms. The number of aromatic nitrogens is 2. The lowest BCUT2D eigenvalue weighted by Gasteiger charge is -2.23. The summed E-state index contributed by atoms with van der Waals surface area (Å²) >= 11 is 0. The van der Waals surface area contributed by atoms with Gasteiger partial charge in [0.05, 0.1) is 5.69 Å². The van der Waals surface area contributed by atoms with Crippen molar-refractivity contribution in [3.8, 4) is 0 Å². The van der Waals surface area contributed by atoms with Crippen LogP contribution in [-0.2, 0) is 19.6 Å². The predicted octanol–water partition coefficient (Wildman–Crippen LogP) is 2.61. The molecule has 6 N–H and O–H groups in total. The molecule has 0 saturated carbocycles. The first-order chi connectivity index (χ1) is 16.9. The van der Waals surface area contributed by atoms with Gasteiger partial charge in [0.1, 0.15) is 0 Å². The second-order valence-corrected chi connectivity index (χ2v) is 9.56. The van der Waals surface area contributed by atoms with Gasteiger partial charge in [-0.3, -0.25) is 21.0 Å². The van der Waals surface area contributed by atoms with Gasteiger partial charge in [-0.2, -0.15) is 0 Å². The summed E-state index contributed by atoms with van der Waals surface area (Å²) in [5.74, 6) is 6.02. The van der Waals surface area contributed by atoms with Crippen molar-refractivity contribution >= 4 is 23.2 Å². The van der Waals surface area contributed by atoms with Crippen LogP contribution in [0.25, 0.3) is 0 Å². The summed E-state index contributed by atoms with van der Waals surface area (Å²) in [7, 11) is 0. The Labute approximate surface area is 205 Å². The number of anilines is 3. The summed E-state index contributed by atoms with van der Waals surface area (Å²) in [5.41, 5.74) is 16.4. The first kappa shape index (κ1) is 23.2. The molecule has 1 fully saturated rings.